The first-order chi connectivity index (χ1) is 9.58. The Morgan fingerprint density at radius 1 is 1.20 bits per heavy atom. The van der Waals surface area contributed by atoms with Gasteiger partial charge in [0.1, 0.15) is 5.65 Å². The Morgan fingerprint density at radius 2 is 1.95 bits per heavy atom. The summed E-state index contributed by atoms with van der Waals surface area (Å²) in [6.45, 7) is 3.91. The maximum absolute atomic E-state index is 11.1. The summed E-state index contributed by atoms with van der Waals surface area (Å²) in [5.41, 5.74) is 4.09. The molecule has 0 amide bonds. The Hall–Kier alpha value is -2.69. The second kappa shape index (κ2) is 4.45. The fraction of sp³-hybridized carbons (Fsp3) is 0.133. The molecule has 0 aliphatic heterocycles. The van der Waals surface area contributed by atoms with Crippen LogP contribution in [0.25, 0.3) is 16.9 Å². The number of imidazole rings is 1. The summed E-state index contributed by atoms with van der Waals surface area (Å²) >= 11 is 0. The number of hydrogen-bond acceptors (Lipinski definition) is 3. The molecule has 5 heteroatoms. The first-order valence-corrected chi connectivity index (χ1v) is 6.27. The van der Waals surface area contributed by atoms with E-state index >= 15 is 0 Å². The van der Waals surface area contributed by atoms with Crippen molar-refractivity contribution < 1.29 is 4.92 Å². The van der Waals surface area contributed by atoms with Crippen molar-refractivity contribution in [1.29, 1.82) is 0 Å². The zero-order valence-corrected chi connectivity index (χ0v) is 11.2. The minimum Gasteiger partial charge on any atom is -0.304 e. The first kappa shape index (κ1) is 12.3. The van der Waals surface area contributed by atoms with Gasteiger partial charge >= 0.3 is 0 Å². The fourth-order valence-corrected chi connectivity index (χ4v) is 2.36. The van der Waals surface area contributed by atoms with Crippen LogP contribution in [-0.2, 0) is 0 Å². The molecule has 1 aromatic carbocycles. The summed E-state index contributed by atoms with van der Waals surface area (Å²) in [7, 11) is 0. The molecule has 0 radical (unpaired) electrons. The summed E-state index contributed by atoms with van der Waals surface area (Å²) in [6.07, 6.45) is 1.94. The molecule has 0 aliphatic carbocycles. The van der Waals surface area contributed by atoms with E-state index in [2.05, 4.69) is 4.98 Å². The van der Waals surface area contributed by atoms with Gasteiger partial charge in [-0.3, -0.25) is 10.1 Å². The molecule has 2 aromatic heterocycles. The molecular formula is C15H13N3O2. The molecule has 0 bridgehead atoms. The Bertz CT molecular complexity index is 821. The lowest BCUT2D eigenvalue weighted by molar-refractivity contribution is -0.384. The lowest BCUT2D eigenvalue weighted by Gasteiger charge is -2.01. The molecular weight excluding hydrogens is 254 g/mol. The molecule has 0 saturated heterocycles. The second-order valence-electron chi connectivity index (χ2n) is 4.75. The van der Waals surface area contributed by atoms with Crippen molar-refractivity contribution in [2.45, 2.75) is 13.8 Å². The van der Waals surface area contributed by atoms with Gasteiger partial charge in [0.2, 0.25) is 0 Å². The van der Waals surface area contributed by atoms with E-state index < -0.39 is 0 Å². The average Bonchev–Trinajstić information content (AvgIpc) is 2.75. The monoisotopic (exact) mass is 267 g/mol. The van der Waals surface area contributed by atoms with E-state index in [0.717, 1.165) is 16.9 Å². The largest absolute Gasteiger partial charge is 0.304 e. The molecule has 3 aromatic rings. The predicted molar refractivity (Wildman–Crippen MR) is 76.8 cm³/mol. The summed E-state index contributed by atoms with van der Waals surface area (Å²) < 4.78 is 1.94. The number of nitro benzene ring substituents is 1. The Morgan fingerprint density at radius 3 is 2.70 bits per heavy atom. The van der Waals surface area contributed by atoms with Gasteiger partial charge in [-0.1, -0.05) is 12.1 Å². The number of pyridine rings is 1. The molecule has 20 heavy (non-hydrogen) atoms. The number of nitrogens with zero attached hydrogens (tertiary/aromatic N) is 3. The van der Waals surface area contributed by atoms with Crippen LogP contribution in [0.5, 0.6) is 0 Å². The van der Waals surface area contributed by atoms with Gasteiger partial charge in [0.05, 0.1) is 16.2 Å². The molecule has 2 heterocycles. The van der Waals surface area contributed by atoms with Crippen molar-refractivity contribution in [2.75, 3.05) is 0 Å². The van der Waals surface area contributed by atoms with Crippen LogP contribution >= 0.6 is 0 Å². The molecule has 0 spiro atoms. The van der Waals surface area contributed by atoms with Crippen LogP contribution in [0.2, 0.25) is 0 Å². The lowest BCUT2D eigenvalue weighted by atomic mass is 10.1. The van der Waals surface area contributed by atoms with Gasteiger partial charge in [-0.2, -0.15) is 0 Å². The van der Waals surface area contributed by atoms with Crippen molar-refractivity contribution in [3.63, 3.8) is 0 Å². The minimum atomic E-state index is -0.371. The number of benzene rings is 1. The van der Waals surface area contributed by atoms with Crippen LogP contribution in [0.4, 0.5) is 5.69 Å². The fourth-order valence-electron chi connectivity index (χ4n) is 2.36. The highest BCUT2D eigenvalue weighted by molar-refractivity contribution is 5.74. The third-order valence-corrected chi connectivity index (χ3v) is 3.38. The Balaban J connectivity index is 2.30. The van der Waals surface area contributed by atoms with Gasteiger partial charge in [0.15, 0.2) is 0 Å². The standard InChI is InChI=1S/C15H13N3O2/c1-10-7-8-17-11(2)15(16-14(17)9-10)12-5-3-4-6-13(12)18(19)20/h3-9H,1-2H3. The zero-order chi connectivity index (χ0) is 14.3. The highest BCUT2D eigenvalue weighted by Gasteiger charge is 2.19. The number of para-hydroxylation sites is 1. The van der Waals surface area contributed by atoms with Crippen molar-refractivity contribution in [3.05, 3.63) is 64.0 Å². The SMILES string of the molecule is Cc1ccn2c(C)c(-c3ccccc3[N+](=O)[O-])nc2c1. The van der Waals surface area contributed by atoms with Gasteiger partial charge in [0.25, 0.3) is 5.69 Å². The van der Waals surface area contributed by atoms with E-state index in [-0.39, 0.29) is 10.6 Å². The quantitative estimate of drug-likeness (QED) is 0.527. The van der Waals surface area contributed by atoms with Crippen molar-refractivity contribution in [3.8, 4) is 11.3 Å². The third-order valence-electron chi connectivity index (χ3n) is 3.38. The molecule has 0 N–H and O–H groups in total. The minimum absolute atomic E-state index is 0.0794. The molecule has 5 nitrogen and oxygen atoms in total. The summed E-state index contributed by atoms with van der Waals surface area (Å²) in [5, 5.41) is 11.1. The highest BCUT2D eigenvalue weighted by Crippen LogP contribution is 2.31. The molecule has 0 atom stereocenters. The topological polar surface area (TPSA) is 60.4 Å². The van der Waals surface area contributed by atoms with Crippen LogP contribution in [0.3, 0.4) is 0 Å². The van der Waals surface area contributed by atoms with Crippen LogP contribution in [0.15, 0.2) is 42.6 Å². The smallest absolute Gasteiger partial charge is 0.278 e. The van der Waals surface area contributed by atoms with Crippen molar-refractivity contribution in [2.24, 2.45) is 0 Å². The summed E-state index contributed by atoms with van der Waals surface area (Å²) in [4.78, 5) is 15.3. The zero-order valence-electron chi connectivity index (χ0n) is 11.2. The highest BCUT2D eigenvalue weighted by atomic mass is 16.6. The normalized spacial score (nSPS) is 10.9. The van der Waals surface area contributed by atoms with E-state index in [0.29, 0.717) is 11.3 Å². The van der Waals surface area contributed by atoms with Crippen molar-refractivity contribution >= 4 is 11.3 Å². The van der Waals surface area contributed by atoms with E-state index in [4.69, 9.17) is 0 Å². The van der Waals surface area contributed by atoms with Crippen LogP contribution in [0, 0.1) is 24.0 Å². The number of nitro groups is 1. The molecule has 0 unspecified atom stereocenters. The van der Waals surface area contributed by atoms with E-state index in [1.165, 1.54) is 6.07 Å². The van der Waals surface area contributed by atoms with Crippen LogP contribution in [0.1, 0.15) is 11.3 Å². The number of rotatable bonds is 2. The van der Waals surface area contributed by atoms with E-state index in [9.17, 15) is 10.1 Å². The maximum Gasteiger partial charge on any atom is 0.278 e. The summed E-state index contributed by atoms with van der Waals surface area (Å²) in [6, 6.07) is 10.6. The second-order valence-corrected chi connectivity index (χ2v) is 4.75. The maximum atomic E-state index is 11.1. The van der Waals surface area contributed by atoms with E-state index in [1.54, 1.807) is 18.2 Å². The molecule has 3 rings (SSSR count). The van der Waals surface area contributed by atoms with E-state index in [1.807, 2.05) is 36.6 Å². The van der Waals surface area contributed by atoms with Gasteiger partial charge in [-0.15, -0.1) is 0 Å². The number of hydrogen-bond donors (Lipinski definition) is 0. The average molecular weight is 267 g/mol. The van der Waals surface area contributed by atoms with Crippen LogP contribution < -0.4 is 0 Å². The van der Waals surface area contributed by atoms with Crippen LogP contribution in [-0.4, -0.2) is 14.3 Å². The first-order valence-electron chi connectivity index (χ1n) is 6.27. The number of aryl methyl sites for hydroxylation is 2. The van der Waals surface area contributed by atoms with Gasteiger partial charge in [-0.05, 0) is 37.6 Å². The molecule has 100 valence electrons. The van der Waals surface area contributed by atoms with Gasteiger partial charge < -0.3 is 4.40 Å². The number of fused-ring (bicyclic) bond motifs is 1. The van der Waals surface area contributed by atoms with Crippen molar-refractivity contribution in [1.82, 2.24) is 9.38 Å². The number of aromatic nitrogens is 2. The third kappa shape index (κ3) is 1.84. The molecule has 0 aliphatic rings. The summed E-state index contributed by atoms with van der Waals surface area (Å²) in [5.74, 6) is 0. The Kier molecular flexibility index (Phi) is 2.75. The Labute approximate surface area is 115 Å². The van der Waals surface area contributed by atoms with Gasteiger partial charge in [0, 0.05) is 18.0 Å². The predicted octanol–water partition coefficient (Wildman–Crippen LogP) is 3.53. The van der Waals surface area contributed by atoms with Gasteiger partial charge in [-0.25, -0.2) is 4.98 Å². The lowest BCUT2D eigenvalue weighted by Crippen LogP contribution is -1.93. The molecule has 0 fully saturated rings. The molecule has 0 saturated carbocycles.